The van der Waals surface area contributed by atoms with E-state index in [1.165, 1.54) is 0 Å². The molecule has 7 heteroatoms. The van der Waals surface area contributed by atoms with E-state index in [-0.39, 0.29) is 23.9 Å². The van der Waals surface area contributed by atoms with E-state index in [9.17, 15) is 9.59 Å². The van der Waals surface area contributed by atoms with E-state index in [1.54, 1.807) is 28.4 Å². The number of hydrogen-bond acceptors (Lipinski definition) is 6. The number of fused-ring (bicyclic) bond motifs is 1. The summed E-state index contributed by atoms with van der Waals surface area (Å²) in [5.74, 6) is 0.369. The molecular formula is C26H30N2O3S2. The van der Waals surface area contributed by atoms with Gasteiger partial charge in [-0.1, -0.05) is 49.4 Å². The van der Waals surface area contributed by atoms with Crippen molar-refractivity contribution in [2.75, 3.05) is 24.7 Å². The summed E-state index contributed by atoms with van der Waals surface area (Å²) in [4.78, 5) is 31.5. The lowest BCUT2D eigenvalue weighted by atomic mass is 10.0. The summed E-state index contributed by atoms with van der Waals surface area (Å²) < 4.78 is 5.24. The number of rotatable bonds is 7. The summed E-state index contributed by atoms with van der Waals surface area (Å²) in [5.41, 5.74) is 4.07. The van der Waals surface area contributed by atoms with Crippen LogP contribution in [0.25, 0.3) is 5.57 Å². The molecule has 1 amide bonds. The number of amides is 1. The van der Waals surface area contributed by atoms with Gasteiger partial charge in [0.05, 0.1) is 4.91 Å². The summed E-state index contributed by atoms with van der Waals surface area (Å²) in [6.45, 7) is 6.30. The van der Waals surface area contributed by atoms with E-state index in [1.807, 2.05) is 65.2 Å². The Morgan fingerprint density at radius 1 is 1.12 bits per heavy atom. The fourth-order valence-electron chi connectivity index (χ4n) is 4.35. The van der Waals surface area contributed by atoms with Crippen LogP contribution < -0.4 is 4.90 Å². The quantitative estimate of drug-likeness (QED) is 0.517. The number of thioether (sulfide) groups is 2. The predicted molar refractivity (Wildman–Crippen MR) is 138 cm³/mol. The van der Waals surface area contributed by atoms with E-state index < -0.39 is 10.8 Å². The first-order valence-electron chi connectivity index (χ1n) is 11.1. The van der Waals surface area contributed by atoms with Crippen molar-refractivity contribution in [2.45, 2.75) is 43.5 Å². The second-order valence-corrected chi connectivity index (χ2v) is 11.9. The molecule has 0 saturated carbocycles. The van der Waals surface area contributed by atoms with Gasteiger partial charge in [0.1, 0.15) is 18.0 Å². The molecule has 5 nitrogen and oxygen atoms in total. The molecule has 2 atom stereocenters. The fraction of sp³-hybridized carbons (Fsp3) is 0.385. The van der Waals surface area contributed by atoms with Gasteiger partial charge in [0, 0.05) is 30.1 Å². The zero-order valence-corrected chi connectivity index (χ0v) is 21.3. The van der Waals surface area contributed by atoms with Gasteiger partial charge in [0.2, 0.25) is 0 Å². The molecule has 0 aliphatic carbocycles. The molecule has 1 fully saturated rings. The highest BCUT2D eigenvalue weighted by atomic mass is 32.2. The van der Waals surface area contributed by atoms with Crippen LogP contribution in [0.4, 0.5) is 5.69 Å². The molecular weight excluding hydrogens is 452 g/mol. The number of benzene rings is 2. The molecule has 0 bridgehead atoms. The van der Waals surface area contributed by atoms with Crippen LogP contribution in [0.5, 0.6) is 0 Å². The third-order valence-corrected chi connectivity index (χ3v) is 8.44. The van der Waals surface area contributed by atoms with Crippen LogP contribution in [0.1, 0.15) is 31.9 Å². The van der Waals surface area contributed by atoms with Crippen LogP contribution >= 0.6 is 23.5 Å². The monoisotopic (exact) mass is 482 g/mol. The smallest absolute Gasteiger partial charge is 0.330 e. The van der Waals surface area contributed by atoms with E-state index in [0.717, 1.165) is 33.0 Å². The third-order valence-electron chi connectivity index (χ3n) is 5.96. The maximum atomic E-state index is 13.6. The van der Waals surface area contributed by atoms with Gasteiger partial charge in [-0.3, -0.25) is 4.79 Å². The van der Waals surface area contributed by atoms with Gasteiger partial charge in [-0.2, -0.15) is 0 Å². The molecule has 0 aromatic heterocycles. The molecule has 2 aliphatic heterocycles. The molecule has 2 heterocycles. The average molecular weight is 483 g/mol. The molecule has 0 N–H and O–H groups in total. The van der Waals surface area contributed by atoms with Crippen LogP contribution in [0, 0.1) is 0 Å². The highest BCUT2D eigenvalue weighted by molar-refractivity contribution is 8.05. The zero-order valence-electron chi connectivity index (χ0n) is 19.7. The first-order valence-corrected chi connectivity index (χ1v) is 13.0. The second kappa shape index (κ2) is 9.47. The van der Waals surface area contributed by atoms with Gasteiger partial charge in [-0.05, 0) is 42.9 Å². The van der Waals surface area contributed by atoms with Gasteiger partial charge >= 0.3 is 5.97 Å². The van der Waals surface area contributed by atoms with E-state index in [2.05, 4.69) is 29.2 Å². The lowest BCUT2D eigenvalue weighted by molar-refractivity contribution is -0.155. The molecule has 2 aromatic carbocycles. The number of hydrogen-bond donors (Lipinski definition) is 0. The van der Waals surface area contributed by atoms with Crippen LogP contribution in [0.15, 0.2) is 59.5 Å². The lowest BCUT2D eigenvalue weighted by Gasteiger charge is -2.29. The van der Waals surface area contributed by atoms with Crippen LogP contribution in [-0.2, 0) is 20.9 Å². The second-order valence-electron chi connectivity index (χ2n) is 8.90. The summed E-state index contributed by atoms with van der Waals surface area (Å²) in [7, 11) is 4.02. The van der Waals surface area contributed by atoms with Gasteiger partial charge < -0.3 is 14.5 Å². The molecule has 0 radical (unpaired) electrons. The van der Waals surface area contributed by atoms with Crippen LogP contribution in [0.2, 0.25) is 0 Å². The zero-order chi connectivity index (χ0) is 23.8. The number of anilines is 1. The third kappa shape index (κ3) is 4.53. The maximum absolute atomic E-state index is 13.6. The van der Waals surface area contributed by atoms with Crippen LogP contribution in [-0.4, -0.2) is 52.8 Å². The summed E-state index contributed by atoms with van der Waals surface area (Å²) in [5, 5.41) is -0.207. The number of carbonyl (C=O) groups excluding carboxylic acids is 2. The van der Waals surface area contributed by atoms with Crippen molar-refractivity contribution >= 4 is 46.7 Å². The minimum absolute atomic E-state index is 0.0710. The molecule has 33 heavy (non-hydrogen) atoms. The molecule has 0 spiro atoms. The van der Waals surface area contributed by atoms with Crippen molar-refractivity contribution in [3.63, 3.8) is 0 Å². The minimum atomic E-state index is -0.644. The Hall–Kier alpha value is -2.38. The predicted octanol–water partition coefficient (Wildman–Crippen LogP) is 5.02. The summed E-state index contributed by atoms with van der Waals surface area (Å²) >= 11 is 3.22. The van der Waals surface area contributed by atoms with Crippen molar-refractivity contribution in [1.29, 1.82) is 0 Å². The molecule has 174 valence electrons. The molecule has 1 saturated heterocycles. The number of nitrogens with zero attached hydrogens (tertiary/aromatic N) is 2. The van der Waals surface area contributed by atoms with Gasteiger partial charge in [-0.25, -0.2) is 4.79 Å². The Morgan fingerprint density at radius 3 is 2.39 bits per heavy atom. The molecule has 4 rings (SSSR count). The van der Waals surface area contributed by atoms with Crippen molar-refractivity contribution in [1.82, 2.24) is 4.90 Å². The van der Waals surface area contributed by atoms with Gasteiger partial charge in [-0.15, -0.1) is 23.5 Å². The Morgan fingerprint density at radius 2 is 1.79 bits per heavy atom. The SMILES string of the molecule is CCSC1=C(c2ccc(N(C)C)cc2)[C@H]2SC(C)(C)[C@H](C(=O)OCc3ccccc3)N2C1=O. The molecule has 0 unspecified atom stereocenters. The molecule has 2 aromatic rings. The average Bonchev–Trinajstić information content (AvgIpc) is 3.21. The largest absolute Gasteiger partial charge is 0.459 e. The highest BCUT2D eigenvalue weighted by Gasteiger charge is 2.59. The van der Waals surface area contributed by atoms with Crippen molar-refractivity contribution in [3.8, 4) is 0 Å². The number of ether oxygens (including phenoxy) is 1. The van der Waals surface area contributed by atoms with E-state index in [4.69, 9.17) is 4.74 Å². The van der Waals surface area contributed by atoms with Crippen molar-refractivity contribution in [3.05, 3.63) is 70.6 Å². The Bertz CT molecular complexity index is 1060. The minimum Gasteiger partial charge on any atom is -0.459 e. The number of carbonyl (C=O) groups is 2. The topological polar surface area (TPSA) is 49.9 Å². The summed E-state index contributed by atoms with van der Waals surface area (Å²) in [6, 6.07) is 17.3. The van der Waals surface area contributed by atoms with Crippen LogP contribution in [0.3, 0.4) is 0 Å². The van der Waals surface area contributed by atoms with E-state index >= 15 is 0 Å². The van der Waals surface area contributed by atoms with Crippen molar-refractivity contribution in [2.24, 2.45) is 0 Å². The highest BCUT2D eigenvalue weighted by Crippen LogP contribution is 2.55. The first-order chi connectivity index (χ1) is 15.7. The fourth-order valence-corrected chi connectivity index (χ4v) is 6.94. The Balaban J connectivity index is 1.64. The number of esters is 1. The van der Waals surface area contributed by atoms with Gasteiger partial charge in [0.25, 0.3) is 5.91 Å². The standard InChI is InChI=1S/C26H30N2O3S2/c1-6-32-21-20(18-12-14-19(15-13-18)27(4)5)24-28(23(21)29)22(26(2,3)33-24)25(30)31-16-17-10-8-7-9-11-17/h7-15,22,24H,6,16H2,1-5H3/t22-,24+/m0/s1. The molecule has 2 aliphatic rings. The maximum Gasteiger partial charge on any atom is 0.330 e. The summed E-state index contributed by atoms with van der Waals surface area (Å²) in [6.07, 6.45) is 0. The van der Waals surface area contributed by atoms with Gasteiger partial charge in [0.15, 0.2) is 0 Å². The Labute approximate surface area is 204 Å². The lowest BCUT2D eigenvalue weighted by Crippen LogP contribution is -2.49. The van der Waals surface area contributed by atoms with Crippen molar-refractivity contribution < 1.29 is 14.3 Å². The normalized spacial score (nSPS) is 21.4. The van der Waals surface area contributed by atoms with E-state index in [0.29, 0.717) is 0 Å². The Kier molecular flexibility index (Phi) is 6.82. The first kappa shape index (κ1) is 23.8.